The summed E-state index contributed by atoms with van der Waals surface area (Å²) in [6.07, 6.45) is 6.71. The predicted octanol–water partition coefficient (Wildman–Crippen LogP) is 3.59. The summed E-state index contributed by atoms with van der Waals surface area (Å²) in [6, 6.07) is 3.11. The molecule has 0 aromatic carbocycles. The number of carbonyl (C=O) groups excluding carboxylic acids is 1. The van der Waals surface area contributed by atoms with Crippen LogP contribution < -0.4 is 5.32 Å². The fourth-order valence-electron chi connectivity index (χ4n) is 2.53. The second kappa shape index (κ2) is 6.92. The van der Waals surface area contributed by atoms with Crippen molar-refractivity contribution in [2.24, 2.45) is 5.92 Å². The molecule has 1 heterocycles. The van der Waals surface area contributed by atoms with E-state index in [0.717, 1.165) is 25.7 Å². The zero-order valence-corrected chi connectivity index (χ0v) is 12.4. The second-order valence-corrected chi connectivity index (χ2v) is 5.76. The lowest BCUT2D eigenvalue weighted by Gasteiger charge is -2.26. The highest BCUT2D eigenvalue weighted by atomic mass is 35.5. The minimum atomic E-state index is -0.481. The Morgan fingerprint density at radius 2 is 2.10 bits per heavy atom. The van der Waals surface area contributed by atoms with Crippen molar-refractivity contribution in [1.82, 2.24) is 10.3 Å². The van der Waals surface area contributed by atoms with Crippen LogP contribution in [-0.2, 0) is 0 Å². The summed E-state index contributed by atoms with van der Waals surface area (Å²) in [5, 5.41) is 12.4. The predicted molar refractivity (Wildman–Crippen MR) is 77.7 cm³/mol. The molecule has 0 bridgehead atoms. The van der Waals surface area contributed by atoms with Gasteiger partial charge in [-0.2, -0.15) is 5.26 Å². The molecule has 1 aliphatic rings. The lowest BCUT2D eigenvalue weighted by atomic mass is 9.84. The highest BCUT2D eigenvalue weighted by Gasteiger charge is 2.26. The van der Waals surface area contributed by atoms with E-state index < -0.39 is 6.04 Å². The molecule has 0 spiro atoms. The number of halogens is 2. The molecule has 6 heteroatoms. The average Bonchev–Trinajstić information content (AvgIpc) is 2.48. The standard InChI is InChI=1S/C14H15Cl2N3O/c15-11-8-18-13(16)6-10(11)14(20)19-12(7-17)9-4-2-1-3-5-9/h6,8-9,12H,1-5H2,(H,19,20). The largest absolute Gasteiger partial charge is 0.336 e. The van der Waals surface area contributed by atoms with Crippen molar-refractivity contribution >= 4 is 29.1 Å². The van der Waals surface area contributed by atoms with Gasteiger partial charge in [0.25, 0.3) is 5.91 Å². The van der Waals surface area contributed by atoms with Crippen molar-refractivity contribution in [3.8, 4) is 6.07 Å². The van der Waals surface area contributed by atoms with E-state index in [2.05, 4.69) is 16.4 Å². The molecule has 1 unspecified atom stereocenters. The molecule has 2 rings (SSSR count). The van der Waals surface area contributed by atoms with Crippen molar-refractivity contribution in [3.05, 3.63) is 28.0 Å². The quantitative estimate of drug-likeness (QED) is 0.867. The Bertz CT molecular complexity index is 536. The van der Waals surface area contributed by atoms with Gasteiger partial charge in [0.2, 0.25) is 0 Å². The molecule has 1 aromatic heterocycles. The monoisotopic (exact) mass is 311 g/mol. The van der Waals surface area contributed by atoms with Crippen LogP contribution in [0.1, 0.15) is 42.5 Å². The van der Waals surface area contributed by atoms with E-state index >= 15 is 0 Å². The Morgan fingerprint density at radius 3 is 2.75 bits per heavy atom. The van der Waals surface area contributed by atoms with E-state index in [1.807, 2.05) is 0 Å². The van der Waals surface area contributed by atoms with Crippen LogP contribution >= 0.6 is 23.2 Å². The number of carbonyl (C=O) groups is 1. The van der Waals surface area contributed by atoms with E-state index in [1.165, 1.54) is 18.7 Å². The molecular weight excluding hydrogens is 297 g/mol. The maximum atomic E-state index is 12.2. The zero-order valence-electron chi connectivity index (χ0n) is 10.9. The first kappa shape index (κ1) is 15.1. The zero-order chi connectivity index (χ0) is 14.5. The van der Waals surface area contributed by atoms with Crippen LogP contribution in [0.25, 0.3) is 0 Å². The fraction of sp³-hybridized carbons (Fsp3) is 0.500. The molecule has 0 radical (unpaired) electrons. The molecule has 1 aromatic rings. The summed E-state index contributed by atoms with van der Waals surface area (Å²) in [5.74, 6) is -0.162. The van der Waals surface area contributed by atoms with Crippen molar-refractivity contribution in [1.29, 1.82) is 5.26 Å². The molecule has 20 heavy (non-hydrogen) atoms. The van der Waals surface area contributed by atoms with Gasteiger partial charge in [0.05, 0.1) is 16.7 Å². The number of hydrogen-bond acceptors (Lipinski definition) is 3. The maximum Gasteiger partial charge on any atom is 0.254 e. The number of rotatable bonds is 3. The van der Waals surface area contributed by atoms with Gasteiger partial charge in [0, 0.05) is 6.20 Å². The number of nitrogens with zero attached hydrogens (tertiary/aromatic N) is 2. The third kappa shape index (κ3) is 3.62. The first-order chi connectivity index (χ1) is 9.61. The molecule has 1 fully saturated rings. The summed E-state index contributed by atoms with van der Waals surface area (Å²) >= 11 is 11.7. The van der Waals surface area contributed by atoms with E-state index in [1.54, 1.807) is 0 Å². The number of aromatic nitrogens is 1. The summed E-state index contributed by atoms with van der Waals surface area (Å²) < 4.78 is 0. The lowest BCUT2D eigenvalue weighted by Crippen LogP contribution is -2.40. The molecule has 0 saturated heterocycles. The van der Waals surface area contributed by atoms with Crippen LogP contribution in [-0.4, -0.2) is 16.9 Å². The molecule has 4 nitrogen and oxygen atoms in total. The normalized spacial score (nSPS) is 17.2. The van der Waals surface area contributed by atoms with Gasteiger partial charge >= 0.3 is 0 Å². The van der Waals surface area contributed by atoms with E-state index in [-0.39, 0.29) is 27.6 Å². The molecule has 1 aliphatic carbocycles. The van der Waals surface area contributed by atoms with Crippen LogP contribution in [0, 0.1) is 17.2 Å². The van der Waals surface area contributed by atoms with Crippen LogP contribution in [0.3, 0.4) is 0 Å². The van der Waals surface area contributed by atoms with Gasteiger partial charge < -0.3 is 5.32 Å². The Balaban J connectivity index is 2.09. The van der Waals surface area contributed by atoms with Crippen LogP contribution in [0.2, 0.25) is 10.2 Å². The van der Waals surface area contributed by atoms with Crippen molar-refractivity contribution in [3.63, 3.8) is 0 Å². The van der Waals surface area contributed by atoms with Gasteiger partial charge in [-0.25, -0.2) is 4.98 Å². The van der Waals surface area contributed by atoms with Gasteiger partial charge in [0.1, 0.15) is 11.2 Å². The van der Waals surface area contributed by atoms with Crippen molar-refractivity contribution in [2.75, 3.05) is 0 Å². The molecule has 1 amide bonds. The second-order valence-electron chi connectivity index (χ2n) is 4.97. The number of pyridine rings is 1. The SMILES string of the molecule is N#CC(NC(=O)c1cc(Cl)ncc1Cl)C1CCCCC1. The van der Waals surface area contributed by atoms with Crippen molar-refractivity contribution < 1.29 is 4.79 Å². The van der Waals surface area contributed by atoms with Crippen LogP contribution in [0.15, 0.2) is 12.3 Å². The van der Waals surface area contributed by atoms with E-state index in [4.69, 9.17) is 23.2 Å². The van der Waals surface area contributed by atoms with Gasteiger partial charge in [-0.05, 0) is 24.8 Å². The number of hydrogen-bond donors (Lipinski definition) is 1. The van der Waals surface area contributed by atoms with Gasteiger partial charge in [-0.15, -0.1) is 0 Å². The first-order valence-corrected chi connectivity index (χ1v) is 7.39. The van der Waals surface area contributed by atoms with Gasteiger partial charge in [0.15, 0.2) is 0 Å². The molecular formula is C14H15Cl2N3O. The third-order valence-corrected chi connectivity index (χ3v) is 4.12. The average molecular weight is 312 g/mol. The molecule has 1 saturated carbocycles. The Morgan fingerprint density at radius 1 is 1.40 bits per heavy atom. The summed E-state index contributed by atoms with van der Waals surface area (Å²) in [5.41, 5.74) is 0.253. The Labute approximate surface area is 128 Å². The van der Waals surface area contributed by atoms with E-state index in [9.17, 15) is 10.1 Å². The highest BCUT2D eigenvalue weighted by Crippen LogP contribution is 2.27. The summed E-state index contributed by atoms with van der Waals surface area (Å²) in [4.78, 5) is 16.0. The molecule has 106 valence electrons. The molecule has 0 aliphatic heterocycles. The summed E-state index contributed by atoms with van der Waals surface area (Å²) in [6.45, 7) is 0. The van der Waals surface area contributed by atoms with Gasteiger partial charge in [-0.3, -0.25) is 4.79 Å². The van der Waals surface area contributed by atoms with Crippen LogP contribution in [0.4, 0.5) is 0 Å². The fourth-order valence-corrected chi connectivity index (χ4v) is 2.88. The van der Waals surface area contributed by atoms with Gasteiger partial charge in [-0.1, -0.05) is 42.5 Å². The maximum absolute atomic E-state index is 12.2. The molecule has 1 N–H and O–H groups in total. The molecule has 1 atom stereocenters. The Hall–Kier alpha value is -1.31. The minimum absolute atomic E-state index is 0.200. The number of nitriles is 1. The summed E-state index contributed by atoms with van der Waals surface area (Å²) in [7, 11) is 0. The number of nitrogens with one attached hydrogen (secondary N) is 1. The topological polar surface area (TPSA) is 65.8 Å². The Kier molecular flexibility index (Phi) is 5.22. The minimum Gasteiger partial charge on any atom is -0.336 e. The van der Waals surface area contributed by atoms with Crippen LogP contribution in [0.5, 0.6) is 0 Å². The number of amides is 1. The lowest BCUT2D eigenvalue weighted by molar-refractivity contribution is 0.0929. The third-order valence-electron chi connectivity index (χ3n) is 3.61. The first-order valence-electron chi connectivity index (χ1n) is 6.63. The smallest absolute Gasteiger partial charge is 0.254 e. The van der Waals surface area contributed by atoms with Crippen molar-refractivity contribution in [2.45, 2.75) is 38.1 Å². The highest BCUT2D eigenvalue weighted by molar-refractivity contribution is 6.35. The van der Waals surface area contributed by atoms with E-state index in [0.29, 0.717) is 0 Å².